The van der Waals surface area contributed by atoms with Crippen LogP contribution in [-0.2, 0) is 14.1 Å². The van der Waals surface area contributed by atoms with Crippen molar-refractivity contribution >= 4 is 29.0 Å². The minimum atomic E-state index is -3.17. The zero-order valence-electron chi connectivity index (χ0n) is 15.1. The van der Waals surface area contributed by atoms with E-state index in [0.717, 1.165) is 0 Å². The highest BCUT2D eigenvalue weighted by atomic mass is 31.2. The molecule has 0 fully saturated rings. The lowest BCUT2D eigenvalue weighted by Crippen LogP contribution is -2.27. The smallest absolute Gasteiger partial charge is 0.344 e. The zero-order chi connectivity index (χ0) is 19.1. The van der Waals surface area contributed by atoms with E-state index in [1.807, 2.05) is 66.7 Å². The van der Waals surface area contributed by atoms with Crippen LogP contribution in [0.3, 0.4) is 0 Å². The number of ether oxygens (including phenoxy) is 2. The quantitative estimate of drug-likeness (QED) is 0.466. The number of hydrogen-bond acceptors (Lipinski definition) is 4. The highest BCUT2D eigenvalue weighted by Gasteiger charge is 2.32. The van der Waals surface area contributed by atoms with E-state index < -0.39 is 13.1 Å². The fraction of sp³-hybridized carbons (Fsp3) is 0.136. The molecule has 0 heterocycles. The Balaban J connectivity index is 2.09. The highest BCUT2D eigenvalue weighted by molar-refractivity contribution is 7.85. The average Bonchev–Trinajstić information content (AvgIpc) is 2.73. The van der Waals surface area contributed by atoms with E-state index in [-0.39, 0.29) is 13.2 Å². The molecule has 3 aromatic rings. The predicted molar refractivity (Wildman–Crippen MR) is 108 cm³/mol. The Labute approximate surface area is 159 Å². The number of carbonyl (C=O) groups is 1. The lowest BCUT2D eigenvalue weighted by molar-refractivity contribution is -0.145. The minimum Gasteiger partial charge on any atom is -0.481 e. The van der Waals surface area contributed by atoms with Gasteiger partial charge in [-0.1, -0.05) is 72.8 Å². The van der Waals surface area contributed by atoms with Crippen molar-refractivity contribution in [2.75, 3.05) is 13.2 Å². The number of benzene rings is 3. The topological polar surface area (TPSA) is 52.6 Å². The summed E-state index contributed by atoms with van der Waals surface area (Å²) in [6, 6.07) is 25.8. The van der Waals surface area contributed by atoms with Gasteiger partial charge in [-0.3, -0.25) is 0 Å². The van der Waals surface area contributed by atoms with Crippen LogP contribution in [0.15, 0.2) is 84.9 Å². The van der Waals surface area contributed by atoms with Gasteiger partial charge in [-0.25, -0.2) is 4.79 Å². The first kappa shape index (κ1) is 18.9. The summed E-state index contributed by atoms with van der Waals surface area (Å²) in [4.78, 5) is 11.7. The molecule has 0 aromatic heterocycles. The van der Waals surface area contributed by atoms with E-state index >= 15 is 0 Å². The van der Waals surface area contributed by atoms with E-state index in [4.69, 9.17) is 9.47 Å². The Bertz CT molecular complexity index is 895. The van der Waals surface area contributed by atoms with Crippen LogP contribution in [0.25, 0.3) is 0 Å². The Kier molecular flexibility index (Phi) is 6.10. The second-order valence-electron chi connectivity index (χ2n) is 5.84. The van der Waals surface area contributed by atoms with Gasteiger partial charge in [0.25, 0.3) is 0 Å². The van der Waals surface area contributed by atoms with E-state index in [9.17, 15) is 9.36 Å². The van der Waals surface area contributed by atoms with Crippen molar-refractivity contribution in [1.29, 1.82) is 0 Å². The molecule has 0 aliphatic heterocycles. The summed E-state index contributed by atoms with van der Waals surface area (Å²) in [7, 11) is -3.17. The first-order valence-corrected chi connectivity index (χ1v) is 10.5. The summed E-state index contributed by atoms with van der Waals surface area (Å²) in [6.07, 6.45) is 0. The maximum atomic E-state index is 14.4. The summed E-state index contributed by atoms with van der Waals surface area (Å²) in [6.45, 7) is 1.80. The highest BCUT2D eigenvalue weighted by Crippen LogP contribution is 2.44. The lowest BCUT2D eigenvalue weighted by atomic mass is 10.3. The van der Waals surface area contributed by atoms with Crippen LogP contribution in [-0.4, -0.2) is 19.2 Å². The van der Waals surface area contributed by atoms with Gasteiger partial charge in [-0.2, -0.15) is 0 Å². The third-order valence-corrected chi connectivity index (χ3v) is 7.19. The second-order valence-corrected chi connectivity index (χ2v) is 8.57. The molecule has 0 amide bonds. The molecule has 5 heteroatoms. The number of rotatable bonds is 7. The van der Waals surface area contributed by atoms with Crippen LogP contribution < -0.4 is 20.7 Å². The molecule has 3 aromatic carbocycles. The summed E-state index contributed by atoms with van der Waals surface area (Å²) >= 11 is 0. The Morgan fingerprint density at radius 3 is 1.89 bits per heavy atom. The fourth-order valence-corrected chi connectivity index (χ4v) is 5.67. The van der Waals surface area contributed by atoms with Gasteiger partial charge in [0.15, 0.2) is 13.7 Å². The molecule has 0 bridgehead atoms. The maximum absolute atomic E-state index is 14.4. The van der Waals surface area contributed by atoms with Gasteiger partial charge < -0.3 is 14.0 Å². The Morgan fingerprint density at radius 1 is 0.815 bits per heavy atom. The van der Waals surface area contributed by atoms with Gasteiger partial charge >= 0.3 is 5.97 Å². The van der Waals surface area contributed by atoms with E-state index in [1.54, 1.807) is 25.1 Å². The van der Waals surface area contributed by atoms with Crippen molar-refractivity contribution in [3.8, 4) is 5.75 Å². The summed E-state index contributed by atoms with van der Waals surface area (Å²) in [5.74, 6) is -0.0387. The van der Waals surface area contributed by atoms with Crippen LogP contribution in [0, 0.1) is 0 Å². The summed E-state index contributed by atoms with van der Waals surface area (Å²) < 4.78 is 25.0. The van der Waals surface area contributed by atoms with Crippen LogP contribution in [0.4, 0.5) is 0 Å². The van der Waals surface area contributed by atoms with Crippen molar-refractivity contribution in [1.82, 2.24) is 0 Å². The standard InChI is InChI=1S/C22H21O4P/c1-2-25-22(23)17-26-20-15-9-10-16-21(20)27(24,18-11-5-3-6-12-18)19-13-7-4-8-14-19/h3-16H,2,17H2,1H3. The molecule has 3 rings (SSSR count). The maximum Gasteiger partial charge on any atom is 0.344 e. The molecule has 0 saturated heterocycles. The van der Waals surface area contributed by atoms with Crippen LogP contribution in [0.2, 0.25) is 0 Å². The first-order chi connectivity index (χ1) is 13.2. The number of hydrogen-bond donors (Lipinski definition) is 0. The van der Waals surface area contributed by atoms with Crippen molar-refractivity contribution in [3.05, 3.63) is 84.9 Å². The molecule has 0 unspecified atom stereocenters. The molecular weight excluding hydrogens is 359 g/mol. The Hall–Kier alpha value is -2.84. The number of esters is 1. The fourth-order valence-electron chi connectivity index (χ4n) is 2.88. The third-order valence-electron chi connectivity index (χ3n) is 4.09. The number of para-hydroxylation sites is 1. The van der Waals surface area contributed by atoms with Crippen molar-refractivity contribution in [2.45, 2.75) is 6.92 Å². The van der Waals surface area contributed by atoms with Crippen molar-refractivity contribution in [2.24, 2.45) is 0 Å². The van der Waals surface area contributed by atoms with Gasteiger partial charge in [0.1, 0.15) is 5.75 Å². The third kappa shape index (κ3) is 4.12. The molecule has 4 nitrogen and oxygen atoms in total. The lowest BCUT2D eigenvalue weighted by Gasteiger charge is -2.22. The molecule has 0 atom stereocenters. The summed E-state index contributed by atoms with van der Waals surface area (Å²) in [5, 5.41) is 1.98. The zero-order valence-corrected chi connectivity index (χ0v) is 16.0. The molecule has 0 aliphatic rings. The minimum absolute atomic E-state index is 0.228. The molecule has 0 spiro atoms. The largest absolute Gasteiger partial charge is 0.481 e. The molecule has 0 aliphatic carbocycles. The van der Waals surface area contributed by atoms with Gasteiger partial charge in [0.2, 0.25) is 0 Å². The first-order valence-electron chi connectivity index (χ1n) is 8.75. The van der Waals surface area contributed by atoms with Gasteiger partial charge in [0.05, 0.1) is 11.9 Å². The molecule has 138 valence electrons. The van der Waals surface area contributed by atoms with Gasteiger partial charge in [-0.15, -0.1) is 0 Å². The Morgan fingerprint density at radius 2 is 1.33 bits per heavy atom. The normalized spacial score (nSPS) is 11.0. The molecule has 0 N–H and O–H groups in total. The van der Waals surface area contributed by atoms with Crippen molar-refractivity contribution < 1.29 is 18.8 Å². The van der Waals surface area contributed by atoms with Crippen molar-refractivity contribution in [3.63, 3.8) is 0 Å². The van der Waals surface area contributed by atoms with Crippen LogP contribution >= 0.6 is 7.14 Å². The second kappa shape index (κ2) is 8.70. The SMILES string of the molecule is CCOC(=O)COc1ccccc1P(=O)(c1ccccc1)c1ccccc1. The predicted octanol–water partition coefficient (Wildman–Crippen LogP) is 3.27. The summed E-state index contributed by atoms with van der Waals surface area (Å²) in [5.41, 5.74) is 0. The van der Waals surface area contributed by atoms with E-state index in [2.05, 4.69) is 0 Å². The van der Waals surface area contributed by atoms with E-state index in [1.165, 1.54) is 0 Å². The van der Waals surface area contributed by atoms with Gasteiger partial charge in [0, 0.05) is 10.6 Å². The molecule has 27 heavy (non-hydrogen) atoms. The van der Waals surface area contributed by atoms with Gasteiger partial charge in [-0.05, 0) is 19.1 Å². The molecule has 0 saturated carbocycles. The number of carbonyl (C=O) groups excluding carboxylic acids is 1. The molecular formula is C22H21O4P. The average molecular weight is 380 g/mol. The van der Waals surface area contributed by atoms with Crippen LogP contribution in [0.1, 0.15) is 6.92 Å². The van der Waals surface area contributed by atoms with E-state index in [0.29, 0.717) is 21.7 Å². The monoisotopic (exact) mass is 380 g/mol. The molecule has 0 radical (unpaired) electrons. The van der Waals surface area contributed by atoms with Crippen LogP contribution in [0.5, 0.6) is 5.75 Å².